The van der Waals surface area contributed by atoms with E-state index in [1.165, 1.54) is 0 Å². The highest BCUT2D eigenvalue weighted by atomic mass is 16.6. The molecule has 0 bridgehead atoms. The molecule has 21 heavy (non-hydrogen) atoms. The summed E-state index contributed by atoms with van der Waals surface area (Å²) in [7, 11) is 0. The van der Waals surface area contributed by atoms with Crippen LogP contribution in [-0.2, 0) is 14.3 Å². The first-order valence-electron chi connectivity index (χ1n) is 7.46. The fourth-order valence-electron chi connectivity index (χ4n) is 2.32. The summed E-state index contributed by atoms with van der Waals surface area (Å²) in [6, 6.07) is 0. The van der Waals surface area contributed by atoms with Crippen LogP contribution in [0.3, 0.4) is 0 Å². The van der Waals surface area contributed by atoms with Crippen molar-refractivity contribution >= 4 is 12.1 Å². The van der Waals surface area contributed by atoms with Gasteiger partial charge in [-0.25, -0.2) is 4.79 Å². The van der Waals surface area contributed by atoms with Gasteiger partial charge in [-0.3, -0.25) is 4.79 Å². The number of likely N-dealkylation sites (tertiary alicyclic amines) is 1. The third-order valence-corrected chi connectivity index (χ3v) is 3.73. The molecule has 1 rings (SSSR count). The van der Waals surface area contributed by atoms with E-state index in [9.17, 15) is 14.7 Å². The molecule has 1 aliphatic heterocycles. The second-order valence-corrected chi connectivity index (χ2v) is 6.54. The quantitative estimate of drug-likeness (QED) is 0.806. The minimum atomic E-state index is -1.12. The van der Waals surface area contributed by atoms with Crippen LogP contribution < -0.4 is 0 Å². The van der Waals surface area contributed by atoms with Gasteiger partial charge in [-0.1, -0.05) is 0 Å². The lowest BCUT2D eigenvalue weighted by Crippen LogP contribution is -2.52. The third kappa shape index (κ3) is 4.88. The summed E-state index contributed by atoms with van der Waals surface area (Å²) in [4.78, 5) is 25.3. The van der Waals surface area contributed by atoms with E-state index >= 15 is 0 Å². The lowest BCUT2D eigenvalue weighted by Gasteiger charge is -2.40. The minimum Gasteiger partial charge on any atom is -0.466 e. The summed E-state index contributed by atoms with van der Waals surface area (Å²) in [5.74, 6) is -0.996. The fraction of sp³-hybridized carbons (Fsp3) is 0.867. The zero-order chi connectivity index (χ0) is 16.3. The zero-order valence-electron chi connectivity index (χ0n) is 13.6. The van der Waals surface area contributed by atoms with Crippen LogP contribution in [0.25, 0.3) is 0 Å². The maximum atomic E-state index is 12.0. The van der Waals surface area contributed by atoms with E-state index in [0.717, 1.165) is 0 Å². The number of hydrogen-bond acceptors (Lipinski definition) is 5. The number of piperidine rings is 1. The fourth-order valence-corrected chi connectivity index (χ4v) is 2.32. The van der Waals surface area contributed by atoms with Crippen LogP contribution in [0.1, 0.15) is 47.5 Å². The van der Waals surface area contributed by atoms with Crippen molar-refractivity contribution in [1.82, 2.24) is 4.90 Å². The predicted molar refractivity (Wildman–Crippen MR) is 77.8 cm³/mol. The summed E-state index contributed by atoms with van der Waals surface area (Å²) in [6.45, 7) is 9.88. The number of carbonyl (C=O) groups is 2. The van der Waals surface area contributed by atoms with Gasteiger partial charge >= 0.3 is 12.1 Å². The van der Waals surface area contributed by atoms with E-state index in [-0.39, 0.29) is 6.09 Å². The molecule has 122 valence electrons. The van der Waals surface area contributed by atoms with Gasteiger partial charge in [0.2, 0.25) is 0 Å². The molecule has 0 aliphatic carbocycles. The highest BCUT2D eigenvalue weighted by Gasteiger charge is 2.43. The summed E-state index contributed by atoms with van der Waals surface area (Å²) in [5, 5.41) is 10.6. The van der Waals surface area contributed by atoms with Crippen LogP contribution in [0.2, 0.25) is 0 Å². The molecule has 1 aliphatic rings. The van der Waals surface area contributed by atoms with Crippen LogP contribution in [0.15, 0.2) is 0 Å². The summed E-state index contributed by atoms with van der Waals surface area (Å²) < 4.78 is 10.3. The molecule has 1 amide bonds. The molecular formula is C15H27NO5. The van der Waals surface area contributed by atoms with Crippen LogP contribution in [0.5, 0.6) is 0 Å². The number of rotatable bonds is 3. The maximum Gasteiger partial charge on any atom is 0.410 e. The average Bonchev–Trinajstić information content (AvgIpc) is 2.36. The smallest absolute Gasteiger partial charge is 0.410 e. The minimum absolute atomic E-state index is 0.295. The van der Waals surface area contributed by atoms with E-state index in [4.69, 9.17) is 9.47 Å². The molecule has 1 heterocycles. The Kier molecular flexibility index (Phi) is 5.61. The van der Waals surface area contributed by atoms with Crippen molar-refractivity contribution in [3.8, 4) is 0 Å². The second kappa shape index (κ2) is 6.64. The van der Waals surface area contributed by atoms with Gasteiger partial charge in [0, 0.05) is 13.1 Å². The Labute approximate surface area is 126 Å². The van der Waals surface area contributed by atoms with Gasteiger partial charge in [-0.2, -0.15) is 0 Å². The Morgan fingerprint density at radius 1 is 1.29 bits per heavy atom. The first-order chi connectivity index (χ1) is 9.59. The Morgan fingerprint density at radius 2 is 1.81 bits per heavy atom. The molecule has 6 nitrogen and oxygen atoms in total. The maximum absolute atomic E-state index is 12.0. The Bertz CT molecular complexity index is 380. The van der Waals surface area contributed by atoms with E-state index in [0.29, 0.717) is 32.5 Å². The number of amides is 1. The Hall–Kier alpha value is -1.30. The van der Waals surface area contributed by atoms with Crippen LogP contribution in [-0.4, -0.2) is 53.0 Å². The van der Waals surface area contributed by atoms with Gasteiger partial charge in [0.25, 0.3) is 0 Å². The molecule has 1 fully saturated rings. The molecule has 0 saturated carbocycles. The second-order valence-electron chi connectivity index (χ2n) is 6.54. The molecule has 0 radical (unpaired) electrons. The van der Waals surface area contributed by atoms with Gasteiger partial charge in [0.1, 0.15) is 5.60 Å². The molecule has 0 spiro atoms. The molecule has 6 heteroatoms. The zero-order valence-corrected chi connectivity index (χ0v) is 13.6. The molecule has 1 N–H and O–H groups in total. The Balaban J connectivity index is 2.58. The number of nitrogens with zero attached hydrogens (tertiary/aromatic N) is 1. The largest absolute Gasteiger partial charge is 0.466 e. The molecule has 0 aromatic carbocycles. The number of esters is 1. The first-order valence-corrected chi connectivity index (χ1v) is 7.46. The number of hydrogen-bond donors (Lipinski definition) is 1. The predicted octanol–water partition coefficient (Wildman–Crippen LogP) is 1.95. The normalized spacial score (nSPS) is 19.8. The number of carbonyl (C=O) groups excluding carboxylic acids is 2. The van der Waals surface area contributed by atoms with Crippen molar-refractivity contribution in [2.75, 3.05) is 19.7 Å². The molecule has 1 atom stereocenters. The van der Waals surface area contributed by atoms with Crippen LogP contribution in [0.4, 0.5) is 4.79 Å². The van der Waals surface area contributed by atoms with Gasteiger partial charge < -0.3 is 19.5 Å². The molecular weight excluding hydrogens is 274 g/mol. The van der Waals surface area contributed by atoms with Crippen molar-refractivity contribution in [2.24, 2.45) is 5.92 Å². The van der Waals surface area contributed by atoms with Crippen molar-refractivity contribution in [2.45, 2.75) is 58.7 Å². The van der Waals surface area contributed by atoms with Gasteiger partial charge in [-0.05, 0) is 47.5 Å². The Morgan fingerprint density at radius 3 is 2.24 bits per heavy atom. The van der Waals surface area contributed by atoms with Gasteiger partial charge in [0.05, 0.1) is 18.1 Å². The molecule has 0 aromatic rings. The van der Waals surface area contributed by atoms with E-state index in [1.54, 1.807) is 18.7 Å². The standard InChI is InChI=1S/C15H27NO5/c1-6-20-12(17)11(2)15(19)7-9-16(10-8-15)13(18)21-14(3,4)5/h11,19H,6-10H2,1-5H3. The number of ether oxygens (including phenoxy) is 2. The third-order valence-electron chi connectivity index (χ3n) is 3.73. The summed E-state index contributed by atoms with van der Waals surface area (Å²) in [6.07, 6.45) is 0.298. The SMILES string of the molecule is CCOC(=O)C(C)C1(O)CCN(C(=O)OC(C)(C)C)CC1. The van der Waals surface area contributed by atoms with Crippen LogP contribution in [0, 0.1) is 5.92 Å². The van der Waals surface area contributed by atoms with Crippen molar-refractivity contribution < 1.29 is 24.2 Å². The van der Waals surface area contributed by atoms with E-state index in [1.807, 2.05) is 20.8 Å². The summed E-state index contributed by atoms with van der Waals surface area (Å²) in [5.41, 5.74) is -1.66. The highest BCUT2D eigenvalue weighted by molar-refractivity contribution is 5.73. The van der Waals surface area contributed by atoms with E-state index < -0.39 is 23.1 Å². The monoisotopic (exact) mass is 301 g/mol. The van der Waals surface area contributed by atoms with Crippen LogP contribution >= 0.6 is 0 Å². The first kappa shape index (κ1) is 17.8. The van der Waals surface area contributed by atoms with Crippen molar-refractivity contribution in [1.29, 1.82) is 0 Å². The highest BCUT2D eigenvalue weighted by Crippen LogP contribution is 2.31. The topological polar surface area (TPSA) is 76.1 Å². The molecule has 0 aromatic heterocycles. The lowest BCUT2D eigenvalue weighted by atomic mass is 9.80. The van der Waals surface area contributed by atoms with Gasteiger partial charge in [0.15, 0.2) is 0 Å². The summed E-state index contributed by atoms with van der Waals surface area (Å²) >= 11 is 0. The number of aliphatic hydroxyl groups is 1. The average molecular weight is 301 g/mol. The molecule has 1 saturated heterocycles. The van der Waals surface area contributed by atoms with Crippen molar-refractivity contribution in [3.63, 3.8) is 0 Å². The lowest BCUT2D eigenvalue weighted by molar-refractivity contribution is -0.160. The van der Waals surface area contributed by atoms with Crippen molar-refractivity contribution in [3.05, 3.63) is 0 Å². The van der Waals surface area contributed by atoms with Gasteiger partial charge in [-0.15, -0.1) is 0 Å². The molecule has 1 unspecified atom stereocenters. The van der Waals surface area contributed by atoms with E-state index in [2.05, 4.69) is 0 Å².